The van der Waals surface area contributed by atoms with E-state index < -0.39 is 4.33 Å². The summed E-state index contributed by atoms with van der Waals surface area (Å²) in [5.41, 5.74) is 0.00347. The first-order valence-corrected chi connectivity index (χ1v) is 3.94. The van der Waals surface area contributed by atoms with Crippen LogP contribution < -0.4 is 0 Å². The molecule has 1 saturated carbocycles. The smallest absolute Gasteiger partial charge is 0.102 e. The van der Waals surface area contributed by atoms with Crippen LogP contribution in [0.1, 0.15) is 12.8 Å². The van der Waals surface area contributed by atoms with E-state index in [1.54, 1.807) is 0 Å². The first kappa shape index (κ1) is 8.16. The van der Waals surface area contributed by atoms with Crippen molar-refractivity contribution >= 4 is 23.2 Å². The molecule has 0 spiro atoms. The molecule has 0 unspecified atom stereocenters. The van der Waals surface area contributed by atoms with Crippen molar-refractivity contribution < 1.29 is 0 Å². The lowest BCUT2D eigenvalue weighted by Crippen LogP contribution is -2.41. The summed E-state index contributed by atoms with van der Waals surface area (Å²) < 4.78 is -0.539. The van der Waals surface area contributed by atoms with Gasteiger partial charge >= 0.3 is 0 Å². The maximum absolute atomic E-state index is 5.82. The molecule has 0 nitrogen and oxygen atoms in total. The van der Waals surface area contributed by atoms with Gasteiger partial charge in [0, 0.05) is 5.41 Å². The molecular weight excluding hydrogens is 167 g/mol. The van der Waals surface area contributed by atoms with Gasteiger partial charge in [-0.1, -0.05) is 12.2 Å². The molecule has 0 aromatic carbocycles. The van der Waals surface area contributed by atoms with Crippen LogP contribution in [0.2, 0.25) is 0 Å². The van der Waals surface area contributed by atoms with E-state index in [9.17, 15) is 0 Å². The van der Waals surface area contributed by atoms with Gasteiger partial charge in [0.2, 0.25) is 0 Å². The molecule has 0 amide bonds. The Labute approximate surface area is 71.5 Å². The topological polar surface area (TPSA) is 0 Å². The summed E-state index contributed by atoms with van der Waals surface area (Å²) in [7, 11) is 0. The van der Waals surface area contributed by atoms with Crippen LogP contribution in [-0.2, 0) is 0 Å². The number of hydrogen-bond acceptors (Lipinski definition) is 0. The highest BCUT2D eigenvalue weighted by Crippen LogP contribution is 2.56. The first-order chi connectivity index (χ1) is 4.54. The number of allylic oxidation sites excluding steroid dienone is 2. The van der Waals surface area contributed by atoms with Gasteiger partial charge in [-0.05, 0) is 12.8 Å². The predicted octanol–water partition coefficient (Wildman–Crippen LogP) is 3.31. The number of halogens is 2. The van der Waals surface area contributed by atoms with Crippen LogP contribution in [0.25, 0.3) is 0 Å². The van der Waals surface area contributed by atoms with Gasteiger partial charge in [0.25, 0.3) is 0 Å². The maximum atomic E-state index is 5.82. The molecular formula is C8H10Cl2. The summed E-state index contributed by atoms with van der Waals surface area (Å²) in [4.78, 5) is 0. The number of alkyl halides is 2. The van der Waals surface area contributed by atoms with E-state index in [1.807, 2.05) is 12.2 Å². The minimum absolute atomic E-state index is 0.00347. The van der Waals surface area contributed by atoms with Crippen LogP contribution in [0.3, 0.4) is 0 Å². The van der Waals surface area contributed by atoms with Crippen molar-refractivity contribution in [1.82, 2.24) is 0 Å². The maximum Gasteiger partial charge on any atom is 0.120 e. The largest absolute Gasteiger partial charge is 0.120 e. The van der Waals surface area contributed by atoms with Crippen LogP contribution in [-0.4, -0.2) is 4.33 Å². The Hall–Kier alpha value is 0.0600. The lowest BCUT2D eigenvalue weighted by Gasteiger charge is -2.46. The normalized spacial score (nSPS) is 26.6. The molecule has 0 saturated heterocycles. The average molecular weight is 177 g/mol. The fourth-order valence-electron chi connectivity index (χ4n) is 1.28. The number of hydrogen-bond donors (Lipinski definition) is 0. The minimum Gasteiger partial charge on any atom is -0.102 e. The minimum atomic E-state index is -0.539. The highest BCUT2D eigenvalue weighted by atomic mass is 35.5. The summed E-state index contributed by atoms with van der Waals surface area (Å²) in [6.07, 6.45) is 5.22. The van der Waals surface area contributed by atoms with Gasteiger partial charge in [0.05, 0.1) is 0 Å². The van der Waals surface area contributed by atoms with E-state index >= 15 is 0 Å². The highest BCUT2D eigenvalue weighted by Gasteiger charge is 2.49. The van der Waals surface area contributed by atoms with Gasteiger partial charge in [0.1, 0.15) is 4.33 Å². The molecule has 56 valence electrons. The summed E-state index contributed by atoms with van der Waals surface area (Å²) in [5.74, 6) is 0. The zero-order valence-electron chi connectivity index (χ0n) is 5.74. The molecule has 0 bridgehead atoms. The van der Waals surface area contributed by atoms with Crippen LogP contribution in [0.4, 0.5) is 0 Å². The van der Waals surface area contributed by atoms with Crippen LogP contribution >= 0.6 is 23.2 Å². The zero-order valence-corrected chi connectivity index (χ0v) is 7.25. The Bertz CT molecular complexity index is 152. The van der Waals surface area contributed by atoms with Gasteiger partial charge in [-0.25, -0.2) is 0 Å². The van der Waals surface area contributed by atoms with E-state index in [0.717, 1.165) is 12.8 Å². The van der Waals surface area contributed by atoms with Gasteiger partial charge in [-0.3, -0.25) is 0 Å². The second-order valence-corrected chi connectivity index (χ2v) is 4.49. The van der Waals surface area contributed by atoms with Gasteiger partial charge in [0.15, 0.2) is 0 Å². The molecule has 1 aliphatic carbocycles. The second kappa shape index (κ2) is 2.28. The fourth-order valence-corrected chi connectivity index (χ4v) is 2.28. The first-order valence-electron chi connectivity index (χ1n) is 3.19. The third-order valence-corrected chi connectivity index (χ3v) is 2.52. The van der Waals surface area contributed by atoms with Crippen molar-refractivity contribution in [3.8, 4) is 0 Å². The lowest BCUT2D eigenvalue weighted by molar-refractivity contribution is 0.257. The molecule has 0 radical (unpaired) electrons. The Kier molecular flexibility index (Phi) is 1.86. The standard InChI is InChI=1S/C8H10Cl2/c1-3-7(4-2)5-8(9,10)6-7/h3-4H,1-2,5-6H2. The molecule has 1 aliphatic rings. The third-order valence-electron chi connectivity index (χ3n) is 1.99. The van der Waals surface area contributed by atoms with Crippen molar-refractivity contribution in [3.63, 3.8) is 0 Å². The molecule has 0 heterocycles. The molecule has 0 aromatic rings. The Morgan fingerprint density at radius 2 is 1.50 bits per heavy atom. The van der Waals surface area contributed by atoms with Crippen LogP contribution in [0, 0.1) is 5.41 Å². The number of rotatable bonds is 2. The highest BCUT2D eigenvalue weighted by molar-refractivity contribution is 6.49. The summed E-state index contributed by atoms with van der Waals surface area (Å²) in [6.45, 7) is 7.41. The molecule has 1 fully saturated rings. The molecule has 0 aromatic heterocycles. The molecule has 10 heavy (non-hydrogen) atoms. The molecule has 2 heteroatoms. The summed E-state index contributed by atoms with van der Waals surface area (Å²) in [6, 6.07) is 0. The van der Waals surface area contributed by atoms with Gasteiger partial charge in [-0.15, -0.1) is 36.4 Å². The Morgan fingerprint density at radius 3 is 1.60 bits per heavy atom. The average Bonchev–Trinajstić information content (AvgIpc) is 1.82. The molecule has 0 atom stereocenters. The lowest BCUT2D eigenvalue weighted by atomic mass is 9.68. The Balaban J connectivity index is 2.62. The van der Waals surface area contributed by atoms with Crippen molar-refractivity contribution in [1.29, 1.82) is 0 Å². The van der Waals surface area contributed by atoms with Gasteiger partial charge in [-0.2, -0.15) is 0 Å². The molecule has 0 N–H and O–H groups in total. The predicted molar refractivity (Wildman–Crippen MR) is 46.5 cm³/mol. The van der Waals surface area contributed by atoms with Crippen molar-refractivity contribution in [2.24, 2.45) is 5.41 Å². The van der Waals surface area contributed by atoms with E-state index in [0.29, 0.717) is 0 Å². The van der Waals surface area contributed by atoms with Crippen molar-refractivity contribution in [3.05, 3.63) is 25.3 Å². The third kappa shape index (κ3) is 1.23. The zero-order chi connectivity index (χ0) is 7.83. The van der Waals surface area contributed by atoms with E-state index in [1.165, 1.54) is 0 Å². The van der Waals surface area contributed by atoms with Crippen molar-refractivity contribution in [2.75, 3.05) is 0 Å². The molecule has 1 rings (SSSR count). The quantitative estimate of drug-likeness (QED) is 0.448. The fraction of sp³-hybridized carbons (Fsp3) is 0.500. The monoisotopic (exact) mass is 176 g/mol. The van der Waals surface area contributed by atoms with Crippen LogP contribution in [0.5, 0.6) is 0 Å². The SMILES string of the molecule is C=CC1(C=C)CC(Cl)(Cl)C1. The molecule has 0 aliphatic heterocycles. The van der Waals surface area contributed by atoms with Gasteiger partial charge < -0.3 is 0 Å². The second-order valence-electron chi connectivity index (χ2n) is 2.85. The summed E-state index contributed by atoms with van der Waals surface area (Å²) >= 11 is 11.6. The van der Waals surface area contributed by atoms with E-state index in [4.69, 9.17) is 23.2 Å². The van der Waals surface area contributed by atoms with Crippen molar-refractivity contribution in [2.45, 2.75) is 17.2 Å². The van der Waals surface area contributed by atoms with E-state index in [-0.39, 0.29) is 5.41 Å². The summed E-state index contributed by atoms with van der Waals surface area (Å²) in [5, 5.41) is 0. The van der Waals surface area contributed by atoms with Crippen LogP contribution in [0.15, 0.2) is 25.3 Å². The Morgan fingerprint density at radius 1 is 1.10 bits per heavy atom. The van der Waals surface area contributed by atoms with E-state index in [2.05, 4.69) is 13.2 Å².